The summed E-state index contributed by atoms with van der Waals surface area (Å²) in [6.45, 7) is 6.33. The minimum absolute atomic E-state index is 0.750. The van der Waals surface area contributed by atoms with Crippen molar-refractivity contribution in [3.63, 3.8) is 0 Å². The number of fused-ring (bicyclic) bond motifs is 1. The number of imidazole rings is 1. The Balaban J connectivity index is 2.01. The maximum Gasteiger partial charge on any atom is 0.180 e. The predicted molar refractivity (Wildman–Crippen MR) is 74.8 cm³/mol. The fourth-order valence-corrected chi connectivity index (χ4v) is 2.35. The van der Waals surface area contributed by atoms with Crippen LogP contribution >= 0.6 is 0 Å². The Morgan fingerprint density at radius 1 is 1.37 bits per heavy atom. The molecule has 0 aliphatic carbocycles. The van der Waals surface area contributed by atoms with E-state index in [4.69, 9.17) is 9.72 Å². The summed E-state index contributed by atoms with van der Waals surface area (Å²) in [7, 11) is 0. The van der Waals surface area contributed by atoms with Crippen LogP contribution in [-0.2, 0) is 4.74 Å². The molecule has 19 heavy (non-hydrogen) atoms. The van der Waals surface area contributed by atoms with Crippen LogP contribution < -0.4 is 10.2 Å². The van der Waals surface area contributed by atoms with Gasteiger partial charge < -0.3 is 19.4 Å². The van der Waals surface area contributed by atoms with E-state index in [0.29, 0.717) is 0 Å². The van der Waals surface area contributed by atoms with Gasteiger partial charge >= 0.3 is 0 Å². The Bertz CT molecular complexity index is 545. The maximum atomic E-state index is 5.51. The molecule has 102 valence electrons. The van der Waals surface area contributed by atoms with Gasteiger partial charge in [-0.25, -0.2) is 9.97 Å². The Hall–Kier alpha value is -1.82. The molecule has 1 saturated heterocycles. The summed E-state index contributed by atoms with van der Waals surface area (Å²) in [4.78, 5) is 11.4. The van der Waals surface area contributed by atoms with Crippen molar-refractivity contribution in [1.82, 2.24) is 14.4 Å². The van der Waals surface area contributed by atoms with Crippen molar-refractivity contribution in [2.75, 3.05) is 43.1 Å². The summed E-state index contributed by atoms with van der Waals surface area (Å²) >= 11 is 0. The van der Waals surface area contributed by atoms with Gasteiger partial charge in [-0.2, -0.15) is 0 Å². The number of nitrogens with one attached hydrogen (secondary N) is 1. The van der Waals surface area contributed by atoms with Crippen LogP contribution in [0.4, 0.5) is 11.6 Å². The normalized spacial score (nSPS) is 16.6. The van der Waals surface area contributed by atoms with E-state index in [9.17, 15) is 0 Å². The maximum absolute atomic E-state index is 5.51. The van der Waals surface area contributed by atoms with Gasteiger partial charge in [0, 0.05) is 38.6 Å². The SMILES string of the molecule is CCNc1cn2ccnc2c(N2CCCOCC2)n1. The fraction of sp³-hybridized carbons (Fsp3) is 0.538. The van der Waals surface area contributed by atoms with Crippen molar-refractivity contribution in [2.24, 2.45) is 0 Å². The lowest BCUT2D eigenvalue weighted by Gasteiger charge is -2.21. The summed E-state index contributed by atoms with van der Waals surface area (Å²) in [6, 6.07) is 0. The molecule has 0 atom stereocenters. The first-order chi connectivity index (χ1) is 9.38. The second kappa shape index (κ2) is 5.44. The molecule has 6 nitrogen and oxygen atoms in total. The lowest BCUT2D eigenvalue weighted by molar-refractivity contribution is 0.152. The van der Waals surface area contributed by atoms with Crippen LogP contribution in [0.25, 0.3) is 5.65 Å². The zero-order valence-electron chi connectivity index (χ0n) is 11.2. The standard InChI is InChI=1S/C13H19N5O/c1-2-14-11-10-18-6-4-15-12(18)13(16-11)17-5-3-8-19-9-7-17/h4,6,10,14H,2-3,5,7-9H2,1H3. The first-order valence-corrected chi connectivity index (χ1v) is 6.79. The van der Waals surface area contributed by atoms with Gasteiger partial charge in [0.1, 0.15) is 5.82 Å². The van der Waals surface area contributed by atoms with Gasteiger partial charge in [0.05, 0.1) is 12.8 Å². The molecule has 0 bridgehead atoms. The Kier molecular flexibility index (Phi) is 3.50. The van der Waals surface area contributed by atoms with E-state index >= 15 is 0 Å². The second-order valence-electron chi connectivity index (χ2n) is 4.59. The Morgan fingerprint density at radius 2 is 2.32 bits per heavy atom. The molecular weight excluding hydrogens is 242 g/mol. The molecule has 2 aromatic heterocycles. The second-order valence-corrected chi connectivity index (χ2v) is 4.59. The van der Waals surface area contributed by atoms with E-state index in [2.05, 4.69) is 22.1 Å². The molecule has 0 aromatic carbocycles. The van der Waals surface area contributed by atoms with Crippen LogP contribution in [0.2, 0.25) is 0 Å². The van der Waals surface area contributed by atoms with Crippen molar-refractivity contribution >= 4 is 17.3 Å². The smallest absolute Gasteiger partial charge is 0.180 e. The summed E-state index contributed by atoms with van der Waals surface area (Å²) in [5.41, 5.74) is 0.906. The zero-order valence-corrected chi connectivity index (χ0v) is 11.2. The van der Waals surface area contributed by atoms with Crippen LogP contribution in [0.15, 0.2) is 18.6 Å². The van der Waals surface area contributed by atoms with Crippen molar-refractivity contribution < 1.29 is 4.74 Å². The highest BCUT2D eigenvalue weighted by atomic mass is 16.5. The van der Waals surface area contributed by atoms with Crippen LogP contribution in [0.5, 0.6) is 0 Å². The molecule has 1 aliphatic heterocycles. The van der Waals surface area contributed by atoms with Crippen molar-refractivity contribution in [3.8, 4) is 0 Å². The highest BCUT2D eigenvalue weighted by Gasteiger charge is 2.16. The average molecular weight is 261 g/mol. The first kappa shape index (κ1) is 12.2. The van der Waals surface area contributed by atoms with E-state index < -0.39 is 0 Å². The van der Waals surface area contributed by atoms with Crippen LogP contribution in [0.1, 0.15) is 13.3 Å². The lowest BCUT2D eigenvalue weighted by atomic mass is 10.4. The van der Waals surface area contributed by atoms with E-state index in [1.165, 1.54) is 0 Å². The van der Waals surface area contributed by atoms with Crippen molar-refractivity contribution in [3.05, 3.63) is 18.6 Å². The third kappa shape index (κ3) is 2.49. The van der Waals surface area contributed by atoms with E-state index in [-0.39, 0.29) is 0 Å². The molecule has 1 N–H and O–H groups in total. The van der Waals surface area contributed by atoms with Crippen molar-refractivity contribution in [1.29, 1.82) is 0 Å². The third-order valence-corrected chi connectivity index (χ3v) is 3.24. The van der Waals surface area contributed by atoms with E-state index in [0.717, 1.165) is 56.6 Å². The number of ether oxygens (including phenoxy) is 1. The summed E-state index contributed by atoms with van der Waals surface area (Å²) in [5, 5.41) is 3.27. The third-order valence-electron chi connectivity index (χ3n) is 3.24. The summed E-state index contributed by atoms with van der Waals surface area (Å²) in [6.07, 6.45) is 6.77. The number of anilines is 2. The quantitative estimate of drug-likeness (QED) is 0.905. The zero-order chi connectivity index (χ0) is 13.1. The molecule has 0 unspecified atom stereocenters. The number of hydrogen-bond acceptors (Lipinski definition) is 5. The molecule has 0 spiro atoms. The Morgan fingerprint density at radius 3 is 3.21 bits per heavy atom. The van der Waals surface area contributed by atoms with E-state index in [1.807, 2.05) is 23.0 Å². The topological polar surface area (TPSA) is 54.7 Å². The molecule has 3 rings (SSSR count). The average Bonchev–Trinajstić information content (AvgIpc) is 2.72. The molecular formula is C13H19N5O. The van der Waals surface area contributed by atoms with Gasteiger partial charge in [-0.1, -0.05) is 0 Å². The van der Waals surface area contributed by atoms with Gasteiger partial charge in [-0.05, 0) is 13.3 Å². The number of nitrogens with zero attached hydrogens (tertiary/aromatic N) is 4. The molecule has 1 aliphatic rings. The molecule has 3 heterocycles. The predicted octanol–water partition coefficient (Wildman–Crippen LogP) is 1.39. The fourth-order valence-electron chi connectivity index (χ4n) is 2.35. The Labute approximate surface area is 112 Å². The van der Waals surface area contributed by atoms with Crippen LogP contribution in [-0.4, -0.2) is 47.2 Å². The highest BCUT2D eigenvalue weighted by Crippen LogP contribution is 2.21. The van der Waals surface area contributed by atoms with Crippen LogP contribution in [0.3, 0.4) is 0 Å². The summed E-state index contributed by atoms with van der Waals surface area (Å²) < 4.78 is 7.53. The number of aromatic nitrogens is 3. The highest BCUT2D eigenvalue weighted by molar-refractivity contribution is 5.66. The largest absolute Gasteiger partial charge is 0.380 e. The molecule has 6 heteroatoms. The first-order valence-electron chi connectivity index (χ1n) is 6.79. The summed E-state index contributed by atoms with van der Waals surface area (Å²) in [5.74, 6) is 1.82. The van der Waals surface area contributed by atoms with Gasteiger partial charge in [0.2, 0.25) is 0 Å². The van der Waals surface area contributed by atoms with Gasteiger partial charge in [-0.15, -0.1) is 0 Å². The molecule has 0 amide bonds. The van der Waals surface area contributed by atoms with Gasteiger partial charge in [0.15, 0.2) is 11.5 Å². The molecule has 0 radical (unpaired) electrons. The van der Waals surface area contributed by atoms with Crippen LogP contribution in [0, 0.1) is 0 Å². The lowest BCUT2D eigenvalue weighted by Crippen LogP contribution is -2.27. The minimum Gasteiger partial charge on any atom is -0.380 e. The minimum atomic E-state index is 0.750. The van der Waals surface area contributed by atoms with E-state index in [1.54, 1.807) is 0 Å². The van der Waals surface area contributed by atoms with Crippen molar-refractivity contribution in [2.45, 2.75) is 13.3 Å². The molecule has 2 aromatic rings. The van der Waals surface area contributed by atoms with Gasteiger partial charge in [0.25, 0.3) is 0 Å². The monoisotopic (exact) mass is 261 g/mol. The molecule has 1 fully saturated rings. The number of hydrogen-bond donors (Lipinski definition) is 1. The number of rotatable bonds is 3. The van der Waals surface area contributed by atoms with Gasteiger partial charge in [-0.3, -0.25) is 0 Å². The molecule has 0 saturated carbocycles.